The zero-order chi connectivity index (χ0) is 10.6. The molecule has 1 fully saturated rings. The third-order valence-corrected chi connectivity index (χ3v) is 3.55. The molecule has 1 aliphatic carbocycles. The number of hydrogen-bond acceptors (Lipinski definition) is 3. The van der Waals surface area contributed by atoms with E-state index in [2.05, 4.69) is 13.8 Å². The predicted molar refractivity (Wildman–Crippen MR) is 54.0 cm³/mol. The van der Waals surface area contributed by atoms with Gasteiger partial charge in [0.25, 0.3) is 0 Å². The molecule has 0 aromatic rings. The molecule has 3 heteroatoms. The van der Waals surface area contributed by atoms with E-state index in [0.717, 1.165) is 30.8 Å². The van der Waals surface area contributed by atoms with Crippen molar-refractivity contribution in [3.8, 4) is 0 Å². The van der Waals surface area contributed by atoms with E-state index in [1.165, 1.54) is 0 Å². The first kappa shape index (κ1) is 9.40. The molecule has 2 atom stereocenters. The van der Waals surface area contributed by atoms with Gasteiger partial charge in [0, 0.05) is 18.4 Å². The maximum atomic E-state index is 12.0. The Balaban J connectivity index is 1.97. The smallest absolute Gasteiger partial charge is 0.206 e. The lowest BCUT2D eigenvalue weighted by Crippen LogP contribution is -2.26. The average molecular weight is 208 g/mol. The van der Waals surface area contributed by atoms with Gasteiger partial charge in [-0.1, -0.05) is 13.8 Å². The lowest BCUT2D eigenvalue weighted by molar-refractivity contribution is -0.118. The SMILES string of the molecule is CC1(C)CC(=O)C2=C(C1)OC1OCCC21. The van der Waals surface area contributed by atoms with Crippen LogP contribution < -0.4 is 0 Å². The van der Waals surface area contributed by atoms with Gasteiger partial charge in [0.15, 0.2) is 5.78 Å². The summed E-state index contributed by atoms with van der Waals surface area (Å²) in [5, 5.41) is 0. The van der Waals surface area contributed by atoms with Crippen molar-refractivity contribution >= 4 is 5.78 Å². The van der Waals surface area contributed by atoms with E-state index >= 15 is 0 Å². The Morgan fingerprint density at radius 2 is 2.13 bits per heavy atom. The summed E-state index contributed by atoms with van der Waals surface area (Å²) in [7, 11) is 0. The highest BCUT2D eigenvalue weighted by Gasteiger charge is 2.48. The number of fused-ring (bicyclic) bond motifs is 2. The average Bonchev–Trinajstić information content (AvgIpc) is 2.58. The first-order valence-corrected chi connectivity index (χ1v) is 5.61. The zero-order valence-electron chi connectivity index (χ0n) is 9.21. The second-order valence-corrected chi connectivity index (χ2v) is 5.53. The molecule has 2 heterocycles. The largest absolute Gasteiger partial charge is 0.468 e. The van der Waals surface area contributed by atoms with Crippen molar-refractivity contribution in [3.63, 3.8) is 0 Å². The maximum Gasteiger partial charge on any atom is 0.206 e. The Kier molecular flexibility index (Phi) is 1.78. The lowest BCUT2D eigenvalue weighted by Gasteiger charge is -2.29. The predicted octanol–water partition coefficient (Wildman–Crippen LogP) is 2.02. The van der Waals surface area contributed by atoms with Gasteiger partial charge < -0.3 is 9.47 Å². The molecule has 0 saturated carbocycles. The van der Waals surface area contributed by atoms with Crippen LogP contribution in [0.2, 0.25) is 0 Å². The molecule has 0 aromatic carbocycles. The number of rotatable bonds is 0. The summed E-state index contributed by atoms with van der Waals surface area (Å²) in [6.07, 6.45) is 2.31. The van der Waals surface area contributed by atoms with Crippen molar-refractivity contribution in [2.24, 2.45) is 11.3 Å². The van der Waals surface area contributed by atoms with Gasteiger partial charge in [-0.25, -0.2) is 0 Å². The van der Waals surface area contributed by atoms with Crippen LogP contribution in [0.1, 0.15) is 33.1 Å². The molecule has 0 N–H and O–H groups in total. The van der Waals surface area contributed by atoms with Gasteiger partial charge in [-0.3, -0.25) is 4.79 Å². The second kappa shape index (κ2) is 2.85. The summed E-state index contributed by atoms with van der Waals surface area (Å²) in [6, 6.07) is 0. The molecule has 15 heavy (non-hydrogen) atoms. The van der Waals surface area contributed by atoms with E-state index in [9.17, 15) is 4.79 Å². The van der Waals surface area contributed by atoms with Crippen molar-refractivity contribution in [1.82, 2.24) is 0 Å². The van der Waals surface area contributed by atoms with Crippen LogP contribution in [0.5, 0.6) is 0 Å². The van der Waals surface area contributed by atoms with Crippen molar-refractivity contribution < 1.29 is 14.3 Å². The first-order chi connectivity index (χ1) is 7.07. The van der Waals surface area contributed by atoms with Gasteiger partial charge in [-0.15, -0.1) is 0 Å². The van der Waals surface area contributed by atoms with Crippen LogP contribution in [0.15, 0.2) is 11.3 Å². The van der Waals surface area contributed by atoms with Crippen molar-refractivity contribution in [2.75, 3.05) is 6.61 Å². The number of allylic oxidation sites excluding steroid dienone is 1. The van der Waals surface area contributed by atoms with E-state index < -0.39 is 0 Å². The Morgan fingerprint density at radius 3 is 2.93 bits per heavy atom. The molecular formula is C12H16O3. The van der Waals surface area contributed by atoms with Crippen LogP contribution in [0, 0.1) is 11.3 Å². The Hall–Kier alpha value is -0.830. The summed E-state index contributed by atoms with van der Waals surface area (Å²) in [5.41, 5.74) is 0.992. The molecule has 0 radical (unpaired) electrons. The molecule has 2 aliphatic heterocycles. The van der Waals surface area contributed by atoms with Crippen LogP contribution in [-0.4, -0.2) is 18.7 Å². The molecule has 0 bridgehead atoms. The molecule has 0 spiro atoms. The van der Waals surface area contributed by atoms with Gasteiger partial charge in [0.2, 0.25) is 6.29 Å². The summed E-state index contributed by atoms with van der Waals surface area (Å²) in [6.45, 7) is 4.96. The van der Waals surface area contributed by atoms with Crippen molar-refractivity contribution in [3.05, 3.63) is 11.3 Å². The first-order valence-electron chi connectivity index (χ1n) is 5.61. The number of carbonyl (C=O) groups is 1. The maximum absolute atomic E-state index is 12.0. The molecule has 3 aliphatic rings. The van der Waals surface area contributed by atoms with Gasteiger partial charge in [0.1, 0.15) is 5.76 Å². The summed E-state index contributed by atoms with van der Waals surface area (Å²) in [4.78, 5) is 12.0. The van der Waals surface area contributed by atoms with E-state index in [-0.39, 0.29) is 23.4 Å². The van der Waals surface area contributed by atoms with Gasteiger partial charge >= 0.3 is 0 Å². The highest BCUT2D eigenvalue weighted by atomic mass is 16.7. The topological polar surface area (TPSA) is 35.5 Å². The zero-order valence-corrected chi connectivity index (χ0v) is 9.21. The van der Waals surface area contributed by atoms with E-state index in [4.69, 9.17) is 9.47 Å². The summed E-state index contributed by atoms with van der Waals surface area (Å²) < 4.78 is 11.2. The third-order valence-electron chi connectivity index (χ3n) is 3.55. The number of ether oxygens (including phenoxy) is 2. The minimum absolute atomic E-state index is 0.0502. The summed E-state index contributed by atoms with van der Waals surface area (Å²) >= 11 is 0. The second-order valence-electron chi connectivity index (χ2n) is 5.53. The number of Topliss-reactive ketones (excluding diaryl/α,β-unsaturated/α-hetero) is 1. The van der Waals surface area contributed by atoms with Crippen LogP contribution in [0.25, 0.3) is 0 Å². The fourth-order valence-corrected chi connectivity index (χ4v) is 2.90. The van der Waals surface area contributed by atoms with Crippen molar-refractivity contribution in [2.45, 2.75) is 39.4 Å². The Morgan fingerprint density at radius 1 is 1.33 bits per heavy atom. The third kappa shape index (κ3) is 1.33. The van der Waals surface area contributed by atoms with Gasteiger partial charge in [0.05, 0.1) is 12.5 Å². The number of hydrogen-bond donors (Lipinski definition) is 0. The minimum Gasteiger partial charge on any atom is -0.468 e. The minimum atomic E-state index is -0.159. The standard InChI is InChI=1S/C12H16O3/c1-12(2)5-8(13)10-7-3-4-14-11(7)15-9(10)6-12/h7,11H,3-6H2,1-2H3. The highest BCUT2D eigenvalue weighted by Crippen LogP contribution is 2.48. The van der Waals surface area contributed by atoms with Crippen LogP contribution in [0.3, 0.4) is 0 Å². The fraction of sp³-hybridized carbons (Fsp3) is 0.750. The monoisotopic (exact) mass is 208 g/mol. The quantitative estimate of drug-likeness (QED) is 0.611. The lowest BCUT2D eigenvalue weighted by atomic mass is 9.74. The number of carbonyl (C=O) groups excluding carboxylic acids is 1. The molecular weight excluding hydrogens is 192 g/mol. The molecule has 3 nitrogen and oxygen atoms in total. The molecule has 0 aromatic heterocycles. The Bertz CT molecular complexity index is 354. The molecule has 0 amide bonds. The van der Waals surface area contributed by atoms with Gasteiger partial charge in [-0.2, -0.15) is 0 Å². The molecule has 3 rings (SSSR count). The molecule has 1 saturated heterocycles. The normalized spacial score (nSPS) is 37.6. The molecule has 2 unspecified atom stereocenters. The highest BCUT2D eigenvalue weighted by molar-refractivity contribution is 5.98. The van der Waals surface area contributed by atoms with Crippen LogP contribution >= 0.6 is 0 Å². The molecule has 82 valence electrons. The van der Waals surface area contributed by atoms with Crippen molar-refractivity contribution in [1.29, 1.82) is 0 Å². The summed E-state index contributed by atoms with van der Waals surface area (Å²) in [5.74, 6) is 1.41. The fourth-order valence-electron chi connectivity index (χ4n) is 2.90. The van der Waals surface area contributed by atoms with E-state index in [1.54, 1.807) is 0 Å². The van der Waals surface area contributed by atoms with Gasteiger partial charge in [-0.05, 0) is 11.8 Å². The van der Waals surface area contributed by atoms with E-state index in [0.29, 0.717) is 6.42 Å². The van der Waals surface area contributed by atoms with Crippen LogP contribution in [0.4, 0.5) is 0 Å². The van der Waals surface area contributed by atoms with E-state index in [1.807, 2.05) is 0 Å². The van der Waals surface area contributed by atoms with Crippen LogP contribution in [-0.2, 0) is 14.3 Å². The number of ketones is 1. The Labute approximate surface area is 89.4 Å².